The average Bonchev–Trinajstić information content (AvgIpc) is 2.97. The van der Waals surface area contributed by atoms with Crippen LogP contribution in [0.1, 0.15) is 118 Å². The fourth-order valence-corrected chi connectivity index (χ4v) is 5.46. The summed E-state index contributed by atoms with van der Waals surface area (Å²) in [5, 5.41) is 43.6. The number of nitrogens with one attached hydrogen (secondary N) is 1. The lowest BCUT2D eigenvalue weighted by molar-refractivity contribution is -0.160. The number of amides is 1. The Morgan fingerprint density at radius 3 is 2.30 bits per heavy atom. The van der Waals surface area contributed by atoms with Gasteiger partial charge >= 0.3 is 5.97 Å². The van der Waals surface area contributed by atoms with Gasteiger partial charge in [0.05, 0.1) is 30.8 Å². The van der Waals surface area contributed by atoms with Crippen molar-refractivity contribution >= 4 is 17.7 Å². The molecule has 0 bridgehead atoms. The van der Waals surface area contributed by atoms with E-state index in [1.807, 2.05) is 19.1 Å². The molecular formula is C34H59NO8. The number of Topliss-reactive ketones (excluding diaryl/α,β-unsaturated/α-hetero) is 1. The summed E-state index contributed by atoms with van der Waals surface area (Å²) in [6.07, 6.45) is 9.97. The summed E-state index contributed by atoms with van der Waals surface area (Å²) >= 11 is 0. The fraction of sp³-hybridized carbons (Fsp3) is 0.794. The molecule has 0 spiro atoms. The van der Waals surface area contributed by atoms with Crippen molar-refractivity contribution in [2.75, 3.05) is 13.2 Å². The Morgan fingerprint density at radius 1 is 0.907 bits per heavy atom. The van der Waals surface area contributed by atoms with E-state index in [1.165, 1.54) is 0 Å². The standard InChI is InChI=1S/C34H59NO8/c1-5-11-32-33(41)35-22-29(38)21-31(40)30(39)19-18-27(23-36)15-9-13-26(6-2)14-10-17-28(37)16-8-7-12-24(3)20-25(4)34(42)43-32/h9,13,15,24-26,29-32,36,38-40H,5-8,10-12,14,16-23H2,1-4H3,(H,35,41)/b13-9+,27-15-/t24-,25+,26+,29+,30-,31+,32?/m1/s1. The Hall–Kier alpha value is -2.07. The first kappa shape index (κ1) is 39.0. The maximum Gasteiger partial charge on any atom is 0.309 e. The third kappa shape index (κ3) is 17.1. The first-order valence-corrected chi connectivity index (χ1v) is 16.5. The molecule has 0 saturated carbocycles. The van der Waals surface area contributed by atoms with Crippen molar-refractivity contribution < 1.29 is 39.5 Å². The second kappa shape index (κ2) is 22.4. The number of allylic oxidation sites excluding steroid dienone is 3. The minimum atomic E-state index is -1.21. The summed E-state index contributed by atoms with van der Waals surface area (Å²) < 4.78 is 5.57. The van der Waals surface area contributed by atoms with Crippen molar-refractivity contribution in [1.29, 1.82) is 0 Å². The van der Waals surface area contributed by atoms with E-state index in [2.05, 4.69) is 25.2 Å². The number of cyclic esters (lactones) is 1. The van der Waals surface area contributed by atoms with Crippen LogP contribution in [0, 0.1) is 17.8 Å². The van der Waals surface area contributed by atoms with Crippen LogP contribution in [0.25, 0.3) is 0 Å². The van der Waals surface area contributed by atoms with E-state index in [4.69, 9.17) is 4.74 Å². The average molecular weight is 610 g/mol. The van der Waals surface area contributed by atoms with Gasteiger partial charge in [-0.25, -0.2) is 0 Å². The van der Waals surface area contributed by atoms with E-state index >= 15 is 0 Å². The SMILES string of the molecule is CCCC1OC(=O)[C@@H](C)C[C@H](C)CCCCC(=O)CCC[C@@H](CC)/C=C/C=C(\CO)CC[C@@H](O)[C@@H](O)C[C@H](O)CNC1=O. The Balaban J connectivity index is 2.92. The molecule has 7 atom stereocenters. The van der Waals surface area contributed by atoms with E-state index in [1.54, 1.807) is 6.92 Å². The molecule has 0 aliphatic carbocycles. The molecule has 0 saturated heterocycles. The van der Waals surface area contributed by atoms with Gasteiger partial charge in [-0.1, -0.05) is 65.2 Å². The number of aliphatic hydroxyl groups is 4. The maximum absolute atomic E-state index is 12.8. The molecule has 0 aromatic rings. The molecule has 0 radical (unpaired) electrons. The predicted molar refractivity (Wildman–Crippen MR) is 168 cm³/mol. The van der Waals surface area contributed by atoms with E-state index in [0.29, 0.717) is 50.0 Å². The van der Waals surface area contributed by atoms with Crippen molar-refractivity contribution in [3.63, 3.8) is 0 Å². The van der Waals surface area contributed by atoms with Gasteiger partial charge in [-0.3, -0.25) is 14.4 Å². The lowest BCUT2D eigenvalue weighted by Crippen LogP contribution is -2.43. The van der Waals surface area contributed by atoms with E-state index in [-0.39, 0.29) is 43.6 Å². The van der Waals surface area contributed by atoms with Gasteiger partial charge < -0.3 is 30.5 Å². The largest absolute Gasteiger partial charge is 0.452 e. The topological polar surface area (TPSA) is 153 Å². The highest BCUT2D eigenvalue weighted by atomic mass is 16.5. The molecule has 43 heavy (non-hydrogen) atoms. The molecule has 5 N–H and O–H groups in total. The minimum absolute atomic E-state index is 0.145. The maximum atomic E-state index is 12.8. The first-order valence-electron chi connectivity index (χ1n) is 16.5. The van der Waals surface area contributed by atoms with Crippen molar-refractivity contribution in [1.82, 2.24) is 5.32 Å². The van der Waals surface area contributed by atoms with Crippen LogP contribution in [0.5, 0.6) is 0 Å². The molecule has 1 aliphatic rings. The highest BCUT2D eigenvalue weighted by Gasteiger charge is 2.27. The number of ether oxygens (including phenoxy) is 1. The number of carbonyl (C=O) groups excluding carboxylic acids is 3. The lowest BCUT2D eigenvalue weighted by Gasteiger charge is -2.23. The smallest absolute Gasteiger partial charge is 0.309 e. The van der Waals surface area contributed by atoms with Crippen molar-refractivity contribution in [3.05, 3.63) is 23.8 Å². The van der Waals surface area contributed by atoms with Crippen molar-refractivity contribution in [3.8, 4) is 0 Å². The number of ketones is 1. The van der Waals surface area contributed by atoms with Crippen LogP contribution in [0.4, 0.5) is 0 Å². The fourth-order valence-electron chi connectivity index (χ4n) is 5.46. The van der Waals surface area contributed by atoms with E-state index < -0.39 is 36.3 Å². The van der Waals surface area contributed by atoms with Gasteiger partial charge in [-0.05, 0) is 68.8 Å². The van der Waals surface area contributed by atoms with Gasteiger partial charge in [0.2, 0.25) is 0 Å². The van der Waals surface area contributed by atoms with Crippen LogP contribution in [0.15, 0.2) is 23.8 Å². The minimum Gasteiger partial charge on any atom is -0.452 e. The van der Waals surface area contributed by atoms with Gasteiger partial charge in [0.15, 0.2) is 6.10 Å². The van der Waals surface area contributed by atoms with Crippen LogP contribution in [0.2, 0.25) is 0 Å². The van der Waals surface area contributed by atoms with Gasteiger partial charge in [-0.15, -0.1) is 0 Å². The zero-order chi connectivity index (χ0) is 32.2. The number of hydrogen-bond acceptors (Lipinski definition) is 8. The number of esters is 1. The first-order chi connectivity index (χ1) is 20.5. The molecule has 248 valence electrons. The van der Waals surface area contributed by atoms with Crippen LogP contribution in [-0.2, 0) is 19.1 Å². The number of rotatable bonds is 4. The van der Waals surface area contributed by atoms with Gasteiger partial charge in [0, 0.05) is 25.8 Å². The number of β-amino-alcohol motifs (C(OH)–C–C–N with tert-alkyl or cyclic N) is 1. The summed E-state index contributed by atoms with van der Waals surface area (Å²) in [7, 11) is 0. The second-order valence-electron chi connectivity index (χ2n) is 12.5. The highest BCUT2D eigenvalue weighted by Crippen LogP contribution is 2.22. The van der Waals surface area contributed by atoms with Crippen molar-refractivity contribution in [2.24, 2.45) is 17.8 Å². The van der Waals surface area contributed by atoms with Gasteiger partial charge in [-0.2, -0.15) is 0 Å². The molecular weight excluding hydrogens is 550 g/mol. The zero-order valence-corrected chi connectivity index (χ0v) is 27.0. The molecule has 1 unspecified atom stereocenters. The summed E-state index contributed by atoms with van der Waals surface area (Å²) in [6, 6.07) is 0. The monoisotopic (exact) mass is 609 g/mol. The van der Waals surface area contributed by atoms with E-state index in [9.17, 15) is 34.8 Å². The van der Waals surface area contributed by atoms with Crippen LogP contribution in [0.3, 0.4) is 0 Å². The molecule has 0 fully saturated rings. The van der Waals surface area contributed by atoms with Crippen LogP contribution >= 0.6 is 0 Å². The Morgan fingerprint density at radius 2 is 1.63 bits per heavy atom. The summed E-state index contributed by atoms with van der Waals surface area (Å²) in [5.41, 5.74) is 0.716. The summed E-state index contributed by atoms with van der Waals surface area (Å²) in [4.78, 5) is 38.0. The third-order valence-corrected chi connectivity index (χ3v) is 8.37. The quantitative estimate of drug-likeness (QED) is 0.291. The third-order valence-electron chi connectivity index (χ3n) is 8.37. The molecule has 0 aromatic heterocycles. The molecule has 1 aliphatic heterocycles. The van der Waals surface area contributed by atoms with Gasteiger partial charge in [0.1, 0.15) is 5.78 Å². The van der Waals surface area contributed by atoms with Crippen LogP contribution in [-0.4, -0.2) is 75.7 Å². The molecule has 1 rings (SSSR count). The molecule has 1 heterocycles. The predicted octanol–water partition coefficient (Wildman–Crippen LogP) is 4.54. The normalized spacial score (nSPS) is 33.3. The van der Waals surface area contributed by atoms with Gasteiger partial charge in [0.25, 0.3) is 5.91 Å². The van der Waals surface area contributed by atoms with E-state index in [0.717, 1.165) is 38.5 Å². The number of carbonyl (C=O) groups is 3. The molecule has 9 nitrogen and oxygen atoms in total. The van der Waals surface area contributed by atoms with Crippen LogP contribution < -0.4 is 5.32 Å². The number of aliphatic hydroxyl groups excluding tert-OH is 4. The Kier molecular flexibility index (Phi) is 20.3. The number of hydrogen-bond donors (Lipinski definition) is 5. The summed E-state index contributed by atoms with van der Waals surface area (Å²) in [5.74, 6) is -0.417. The Bertz CT molecular complexity index is 872. The lowest BCUT2D eigenvalue weighted by atomic mass is 9.92. The van der Waals surface area contributed by atoms with Crippen molar-refractivity contribution in [2.45, 2.75) is 142 Å². The molecule has 9 heteroatoms. The Labute approximate surface area is 259 Å². The summed E-state index contributed by atoms with van der Waals surface area (Å²) in [6.45, 7) is 7.56. The molecule has 1 amide bonds. The second-order valence-corrected chi connectivity index (χ2v) is 12.5. The molecule has 0 aromatic carbocycles. The zero-order valence-electron chi connectivity index (χ0n) is 27.0. The highest BCUT2D eigenvalue weighted by molar-refractivity contribution is 5.84.